The summed E-state index contributed by atoms with van der Waals surface area (Å²) in [5.74, 6) is -0.915. The number of hydrogen-bond acceptors (Lipinski definition) is 5. The quantitative estimate of drug-likeness (QED) is 0.288. The SMILES string of the molecule is CC=CC(=O)OCCCP(=O)(O)CCCOC(=O)C=CC. The van der Waals surface area contributed by atoms with Crippen LogP contribution >= 0.6 is 7.37 Å². The van der Waals surface area contributed by atoms with Gasteiger partial charge in [0, 0.05) is 24.5 Å². The highest BCUT2D eigenvalue weighted by Crippen LogP contribution is 2.41. The van der Waals surface area contributed by atoms with Crippen LogP contribution in [0.4, 0.5) is 0 Å². The minimum Gasteiger partial charge on any atom is -0.463 e. The summed E-state index contributed by atoms with van der Waals surface area (Å²) in [6.07, 6.45) is 6.53. The molecule has 6 nitrogen and oxygen atoms in total. The van der Waals surface area contributed by atoms with Gasteiger partial charge in [0.2, 0.25) is 7.37 Å². The first kappa shape index (κ1) is 19.6. The van der Waals surface area contributed by atoms with Gasteiger partial charge in [-0.3, -0.25) is 4.57 Å². The van der Waals surface area contributed by atoms with Gasteiger partial charge >= 0.3 is 11.9 Å². The molecular weight excluding hydrogens is 295 g/mol. The molecule has 0 rings (SSSR count). The van der Waals surface area contributed by atoms with E-state index < -0.39 is 19.3 Å². The maximum atomic E-state index is 11.8. The van der Waals surface area contributed by atoms with Crippen LogP contribution in [0, 0.1) is 0 Å². The van der Waals surface area contributed by atoms with Crippen LogP contribution in [0.3, 0.4) is 0 Å². The minimum atomic E-state index is -3.26. The van der Waals surface area contributed by atoms with Crippen LogP contribution in [0.15, 0.2) is 24.3 Å². The second-order valence-corrected chi connectivity index (χ2v) is 6.92. The molecule has 0 aliphatic rings. The summed E-state index contributed by atoms with van der Waals surface area (Å²) in [6, 6.07) is 0. The van der Waals surface area contributed by atoms with Crippen molar-refractivity contribution in [3.05, 3.63) is 24.3 Å². The van der Waals surface area contributed by atoms with Crippen molar-refractivity contribution in [2.24, 2.45) is 0 Å². The van der Waals surface area contributed by atoms with E-state index in [2.05, 4.69) is 0 Å². The van der Waals surface area contributed by atoms with E-state index in [0.717, 1.165) is 0 Å². The molecule has 1 N–H and O–H groups in total. The van der Waals surface area contributed by atoms with Crippen molar-refractivity contribution < 1.29 is 28.5 Å². The van der Waals surface area contributed by atoms with E-state index in [9.17, 15) is 19.0 Å². The highest BCUT2D eigenvalue weighted by atomic mass is 31.2. The van der Waals surface area contributed by atoms with E-state index in [1.165, 1.54) is 12.2 Å². The van der Waals surface area contributed by atoms with Crippen LogP contribution in [-0.4, -0.2) is 42.4 Å². The summed E-state index contributed by atoms with van der Waals surface area (Å²) in [5.41, 5.74) is 0. The maximum Gasteiger partial charge on any atom is 0.330 e. The summed E-state index contributed by atoms with van der Waals surface area (Å²) in [7, 11) is -3.26. The van der Waals surface area contributed by atoms with Gasteiger partial charge in [-0.25, -0.2) is 9.59 Å². The second-order valence-electron chi connectivity index (χ2n) is 4.34. The highest BCUT2D eigenvalue weighted by Gasteiger charge is 2.17. The molecule has 0 saturated carbocycles. The lowest BCUT2D eigenvalue weighted by Gasteiger charge is -2.11. The normalized spacial score (nSPS) is 14.2. The van der Waals surface area contributed by atoms with Crippen LogP contribution in [-0.2, 0) is 23.6 Å². The summed E-state index contributed by atoms with van der Waals surface area (Å²) < 4.78 is 21.5. The van der Waals surface area contributed by atoms with Crippen LogP contribution in [0.1, 0.15) is 26.7 Å². The summed E-state index contributed by atoms with van der Waals surface area (Å²) in [5, 5.41) is 0. The fraction of sp³-hybridized carbons (Fsp3) is 0.571. The molecule has 0 fully saturated rings. The third kappa shape index (κ3) is 12.1. The van der Waals surface area contributed by atoms with Gasteiger partial charge < -0.3 is 14.4 Å². The first-order valence-electron chi connectivity index (χ1n) is 6.81. The van der Waals surface area contributed by atoms with Gasteiger partial charge in [0.1, 0.15) is 0 Å². The average molecular weight is 318 g/mol. The molecule has 0 atom stereocenters. The zero-order valence-electron chi connectivity index (χ0n) is 12.5. The van der Waals surface area contributed by atoms with E-state index in [-0.39, 0.29) is 25.5 Å². The van der Waals surface area contributed by atoms with Gasteiger partial charge in [0.05, 0.1) is 13.2 Å². The molecule has 0 heterocycles. The first-order valence-corrected chi connectivity index (χ1v) is 8.84. The molecule has 0 radical (unpaired) electrons. The molecule has 0 amide bonds. The van der Waals surface area contributed by atoms with Crippen molar-refractivity contribution in [1.82, 2.24) is 0 Å². The lowest BCUT2D eigenvalue weighted by molar-refractivity contribution is -0.138. The Balaban J connectivity index is 3.76. The topological polar surface area (TPSA) is 89.9 Å². The van der Waals surface area contributed by atoms with Crippen molar-refractivity contribution in [3.63, 3.8) is 0 Å². The Morgan fingerprint density at radius 1 is 0.952 bits per heavy atom. The first-order chi connectivity index (χ1) is 9.91. The predicted molar refractivity (Wildman–Crippen MR) is 80.3 cm³/mol. The number of carbonyl (C=O) groups excluding carboxylic acids is 2. The molecule has 0 aliphatic carbocycles. The molecular formula is C14H23O6P. The monoisotopic (exact) mass is 318 g/mol. The van der Waals surface area contributed by atoms with E-state index >= 15 is 0 Å². The summed E-state index contributed by atoms with van der Waals surface area (Å²) >= 11 is 0. The summed E-state index contributed by atoms with van der Waals surface area (Å²) in [4.78, 5) is 31.7. The van der Waals surface area contributed by atoms with Gasteiger partial charge in [-0.2, -0.15) is 0 Å². The van der Waals surface area contributed by atoms with Crippen LogP contribution in [0.2, 0.25) is 0 Å². The molecule has 0 aromatic rings. The van der Waals surface area contributed by atoms with Crippen molar-refractivity contribution >= 4 is 19.3 Å². The molecule has 120 valence electrons. The molecule has 0 aliphatic heterocycles. The van der Waals surface area contributed by atoms with Crippen molar-refractivity contribution in [1.29, 1.82) is 0 Å². The van der Waals surface area contributed by atoms with Gasteiger partial charge in [0.15, 0.2) is 0 Å². The third-order valence-corrected chi connectivity index (χ3v) is 4.43. The third-order valence-electron chi connectivity index (χ3n) is 2.40. The van der Waals surface area contributed by atoms with Crippen molar-refractivity contribution in [3.8, 4) is 0 Å². The molecule has 0 unspecified atom stereocenters. The Bertz CT molecular complexity index is 391. The number of ether oxygens (including phenoxy) is 2. The molecule has 0 spiro atoms. The Kier molecular flexibility index (Phi) is 10.5. The van der Waals surface area contributed by atoms with E-state index in [4.69, 9.17) is 9.47 Å². The smallest absolute Gasteiger partial charge is 0.330 e. The van der Waals surface area contributed by atoms with E-state index in [0.29, 0.717) is 12.8 Å². The van der Waals surface area contributed by atoms with Crippen LogP contribution in [0.5, 0.6) is 0 Å². The minimum absolute atomic E-state index is 0.0823. The average Bonchev–Trinajstić information content (AvgIpc) is 2.41. The lowest BCUT2D eigenvalue weighted by atomic mass is 10.5. The zero-order chi connectivity index (χ0) is 16.1. The van der Waals surface area contributed by atoms with E-state index in [1.54, 1.807) is 26.0 Å². The van der Waals surface area contributed by atoms with Crippen LogP contribution < -0.4 is 0 Å². The molecule has 0 bridgehead atoms. The predicted octanol–water partition coefficient (Wildman–Crippen LogP) is 2.28. The number of esters is 2. The van der Waals surface area contributed by atoms with Crippen molar-refractivity contribution in [2.45, 2.75) is 26.7 Å². The Morgan fingerprint density at radius 2 is 1.33 bits per heavy atom. The molecule has 0 aromatic heterocycles. The fourth-order valence-electron chi connectivity index (χ4n) is 1.45. The lowest BCUT2D eigenvalue weighted by Crippen LogP contribution is -2.07. The Morgan fingerprint density at radius 3 is 1.67 bits per heavy atom. The molecule has 7 heteroatoms. The highest BCUT2D eigenvalue weighted by molar-refractivity contribution is 7.57. The fourth-order valence-corrected chi connectivity index (χ4v) is 2.92. The molecule has 0 saturated heterocycles. The maximum absolute atomic E-state index is 11.8. The van der Waals surface area contributed by atoms with Gasteiger partial charge in [0.25, 0.3) is 0 Å². The van der Waals surface area contributed by atoms with Gasteiger partial charge in [-0.1, -0.05) is 12.2 Å². The Labute approximate surface area is 125 Å². The number of hydrogen-bond donors (Lipinski definition) is 1. The van der Waals surface area contributed by atoms with Gasteiger partial charge in [-0.05, 0) is 26.7 Å². The molecule has 0 aromatic carbocycles. The number of carbonyl (C=O) groups is 2. The summed E-state index contributed by atoms with van der Waals surface area (Å²) in [6.45, 7) is 3.63. The number of rotatable bonds is 10. The van der Waals surface area contributed by atoms with Gasteiger partial charge in [-0.15, -0.1) is 0 Å². The largest absolute Gasteiger partial charge is 0.463 e. The van der Waals surface area contributed by atoms with Crippen molar-refractivity contribution in [2.75, 3.05) is 25.5 Å². The zero-order valence-corrected chi connectivity index (χ0v) is 13.4. The molecule has 21 heavy (non-hydrogen) atoms. The van der Waals surface area contributed by atoms with E-state index in [1.807, 2.05) is 0 Å². The second kappa shape index (κ2) is 11.3. The Hall–Kier alpha value is -1.39. The number of allylic oxidation sites excluding steroid dienone is 2. The standard InChI is InChI=1S/C14H23O6P/c1-3-7-13(15)19-9-5-11-21(17,18)12-6-10-20-14(16)8-4-2/h3-4,7-8H,5-6,9-12H2,1-2H3,(H,17,18). The van der Waals surface area contributed by atoms with Crippen LogP contribution in [0.25, 0.3) is 0 Å².